The average molecular weight is 237 g/mol. The molecule has 1 aliphatic carbocycles. The van der Waals surface area contributed by atoms with E-state index in [1.165, 1.54) is 12.5 Å². The van der Waals surface area contributed by atoms with Crippen LogP contribution in [0.4, 0.5) is 0 Å². The number of ether oxygens (including phenoxy) is 1. The fourth-order valence-electron chi connectivity index (χ4n) is 1.77. The molecule has 0 aliphatic heterocycles. The van der Waals surface area contributed by atoms with Crippen molar-refractivity contribution in [1.29, 1.82) is 0 Å². The third-order valence-electron chi connectivity index (χ3n) is 2.52. The van der Waals surface area contributed by atoms with Crippen LogP contribution in [0.15, 0.2) is 23.8 Å². The first kappa shape index (κ1) is 13.5. The van der Waals surface area contributed by atoms with Gasteiger partial charge < -0.3 is 10.1 Å². The number of carbonyl (C=O) groups excluding carboxylic acids is 2. The third-order valence-corrected chi connectivity index (χ3v) is 2.52. The second-order valence-electron chi connectivity index (χ2n) is 4.00. The molecule has 0 saturated carbocycles. The van der Waals surface area contributed by atoms with Gasteiger partial charge in [0.25, 0.3) is 0 Å². The van der Waals surface area contributed by atoms with Crippen molar-refractivity contribution >= 4 is 11.9 Å². The smallest absolute Gasteiger partial charge is 0.328 e. The van der Waals surface area contributed by atoms with Gasteiger partial charge in [-0.05, 0) is 26.2 Å². The van der Waals surface area contributed by atoms with E-state index in [4.69, 9.17) is 4.74 Å². The van der Waals surface area contributed by atoms with Crippen molar-refractivity contribution in [2.75, 3.05) is 6.61 Å². The van der Waals surface area contributed by atoms with E-state index in [-0.39, 0.29) is 11.9 Å². The maximum absolute atomic E-state index is 11.7. The Kier molecular flexibility index (Phi) is 5.46. The van der Waals surface area contributed by atoms with Crippen LogP contribution in [0.3, 0.4) is 0 Å². The van der Waals surface area contributed by atoms with Gasteiger partial charge in [-0.3, -0.25) is 4.79 Å². The van der Waals surface area contributed by atoms with Crippen molar-refractivity contribution < 1.29 is 14.3 Å². The summed E-state index contributed by atoms with van der Waals surface area (Å²) in [7, 11) is 0. The Morgan fingerprint density at radius 1 is 1.53 bits per heavy atom. The molecule has 0 radical (unpaired) electrons. The molecule has 0 unspecified atom stereocenters. The van der Waals surface area contributed by atoms with Crippen LogP contribution in [-0.4, -0.2) is 24.5 Å². The van der Waals surface area contributed by atoms with E-state index in [2.05, 4.69) is 11.4 Å². The summed E-state index contributed by atoms with van der Waals surface area (Å²) in [6, 6.07) is -0.565. The predicted octanol–water partition coefficient (Wildman–Crippen LogP) is 1.72. The van der Waals surface area contributed by atoms with Gasteiger partial charge in [0, 0.05) is 6.92 Å². The molecule has 0 spiro atoms. The van der Waals surface area contributed by atoms with Gasteiger partial charge in [-0.2, -0.15) is 0 Å². The summed E-state index contributed by atoms with van der Waals surface area (Å²) in [6.07, 6.45) is 8.52. The van der Waals surface area contributed by atoms with Crippen LogP contribution in [0, 0.1) is 0 Å². The fourth-order valence-corrected chi connectivity index (χ4v) is 1.77. The van der Waals surface area contributed by atoms with Crippen LogP contribution in [0.1, 0.15) is 33.1 Å². The number of carbonyl (C=O) groups is 2. The summed E-state index contributed by atoms with van der Waals surface area (Å²) in [4.78, 5) is 22.7. The Morgan fingerprint density at radius 2 is 2.29 bits per heavy atom. The van der Waals surface area contributed by atoms with Crippen molar-refractivity contribution in [2.24, 2.45) is 0 Å². The number of rotatable bonds is 5. The zero-order chi connectivity index (χ0) is 12.7. The molecular weight excluding hydrogens is 218 g/mol. The minimum Gasteiger partial charge on any atom is -0.464 e. The summed E-state index contributed by atoms with van der Waals surface area (Å²) in [5.74, 6) is -0.576. The lowest BCUT2D eigenvalue weighted by molar-refractivity contribution is -0.147. The Bertz CT molecular complexity index is 345. The molecule has 17 heavy (non-hydrogen) atoms. The zero-order valence-electron chi connectivity index (χ0n) is 10.4. The van der Waals surface area contributed by atoms with Gasteiger partial charge in [0.15, 0.2) is 0 Å². The highest BCUT2D eigenvalue weighted by Crippen LogP contribution is 2.17. The first-order chi connectivity index (χ1) is 8.13. The standard InChI is InChI=1S/C13H19NO3/c1-3-17-13(16)12(14-10(2)15)9-11-7-5-4-6-8-11/h4-5,7,12H,3,6,8-9H2,1-2H3,(H,14,15)/t12-/m0/s1. The molecular formula is C13H19NO3. The van der Waals surface area contributed by atoms with Gasteiger partial charge in [-0.1, -0.05) is 23.8 Å². The van der Waals surface area contributed by atoms with E-state index in [1.54, 1.807) is 6.92 Å². The van der Waals surface area contributed by atoms with Crippen molar-refractivity contribution in [3.05, 3.63) is 23.8 Å². The minimum atomic E-state index is -0.565. The first-order valence-corrected chi connectivity index (χ1v) is 5.91. The summed E-state index contributed by atoms with van der Waals surface area (Å²) >= 11 is 0. The number of amides is 1. The Hall–Kier alpha value is -1.58. The highest BCUT2D eigenvalue weighted by molar-refractivity contribution is 5.83. The summed E-state index contributed by atoms with van der Waals surface area (Å²) in [5, 5.41) is 2.63. The largest absolute Gasteiger partial charge is 0.464 e. The highest BCUT2D eigenvalue weighted by Gasteiger charge is 2.22. The van der Waals surface area contributed by atoms with E-state index in [0.717, 1.165) is 12.8 Å². The number of allylic oxidation sites excluding steroid dienone is 3. The number of nitrogens with one attached hydrogen (secondary N) is 1. The lowest BCUT2D eigenvalue weighted by Gasteiger charge is -2.18. The second kappa shape index (κ2) is 6.89. The Morgan fingerprint density at radius 3 is 2.82 bits per heavy atom. The molecule has 1 N–H and O–H groups in total. The van der Waals surface area contributed by atoms with Gasteiger partial charge in [-0.25, -0.2) is 4.79 Å². The monoisotopic (exact) mass is 237 g/mol. The van der Waals surface area contributed by atoms with Gasteiger partial charge in [0.1, 0.15) is 6.04 Å². The van der Waals surface area contributed by atoms with Crippen LogP contribution in [0.5, 0.6) is 0 Å². The molecule has 0 bridgehead atoms. The van der Waals surface area contributed by atoms with E-state index in [1.807, 2.05) is 12.2 Å². The zero-order valence-corrected chi connectivity index (χ0v) is 10.4. The average Bonchev–Trinajstić information content (AvgIpc) is 2.29. The van der Waals surface area contributed by atoms with Gasteiger partial charge in [-0.15, -0.1) is 0 Å². The molecule has 0 heterocycles. The molecule has 1 aliphatic rings. The molecule has 1 atom stereocenters. The fraction of sp³-hybridized carbons (Fsp3) is 0.538. The van der Waals surface area contributed by atoms with Gasteiger partial charge in [0.05, 0.1) is 6.61 Å². The Balaban J connectivity index is 2.62. The molecule has 0 aromatic heterocycles. The maximum atomic E-state index is 11.7. The van der Waals surface area contributed by atoms with Crippen LogP contribution in [-0.2, 0) is 14.3 Å². The SMILES string of the molecule is CCOC(=O)[C@H](CC1=CC=CCC1)NC(C)=O. The molecule has 1 rings (SSSR count). The minimum absolute atomic E-state index is 0.213. The molecule has 1 amide bonds. The quantitative estimate of drug-likeness (QED) is 0.741. The summed E-state index contributed by atoms with van der Waals surface area (Å²) < 4.78 is 4.95. The summed E-state index contributed by atoms with van der Waals surface area (Å²) in [5.41, 5.74) is 1.17. The van der Waals surface area contributed by atoms with Crippen LogP contribution >= 0.6 is 0 Å². The number of hydrogen-bond donors (Lipinski definition) is 1. The van der Waals surface area contributed by atoms with Gasteiger partial charge in [0.2, 0.25) is 5.91 Å². The lowest BCUT2D eigenvalue weighted by Crippen LogP contribution is -2.41. The van der Waals surface area contributed by atoms with Crippen LogP contribution in [0.2, 0.25) is 0 Å². The molecule has 4 heteroatoms. The highest BCUT2D eigenvalue weighted by atomic mass is 16.5. The number of esters is 1. The van der Waals surface area contributed by atoms with Gasteiger partial charge >= 0.3 is 5.97 Å². The predicted molar refractivity (Wildman–Crippen MR) is 65.3 cm³/mol. The second-order valence-corrected chi connectivity index (χ2v) is 4.00. The van der Waals surface area contributed by atoms with Crippen molar-refractivity contribution in [2.45, 2.75) is 39.2 Å². The molecule has 4 nitrogen and oxygen atoms in total. The normalized spacial score (nSPS) is 16.0. The third kappa shape index (κ3) is 4.85. The van der Waals surface area contributed by atoms with E-state index in [9.17, 15) is 9.59 Å². The topological polar surface area (TPSA) is 55.4 Å². The summed E-state index contributed by atoms with van der Waals surface area (Å²) in [6.45, 7) is 3.49. The molecule has 94 valence electrons. The molecule has 0 fully saturated rings. The van der Waals surface area contributed by atoms with E-state index < -0.39 is 6.04 Å². The molecule has 0 aromatic carbocycles. The number of hydrogen-bond acceptors (Lipinski definition) is 3. The van der Waals surface area contributed by atoms with Crippen molar-refractivity contribution in [1.82, 2.24) is 5.32 Å². The Labute approximate surface area is 102 Å². The van der Waals surface area contributed by atoms with Crippen LogP contribution in [0.25, 0.3) is 0 Å². The van der Waals surface area contributed by atoms with E-state index >= 15 is 0 Å². The maximum Gasteiger partial charge on any atom is 0.328 e. The first-order valence-electron chi connectivity index (χ1n) is 5.91. The molecule has 0 aromatic rings. The molecule has 0 saturated heterocycles. The van der Waals surface area contributed by atoms with E-state index in [0.29, 0.717) is 13.0 Å². The van der Waals surface area contributed by atoms with Crippen molar-refractivity contribution in [3.63, 3.8) is 0 Å². The van der Waals surface area contributed by atoms with Crippen LogP contribution < -0.4 is 5.32 Å². The lowest BCUT2D eigenvalue weighted by atomic mass is 9.98. The van der Waals surface area contributed by atoms with Crippen molar-refractivity contribution in [3.8, 4) is 0 Å².